The third kappa shape index (κ3) is 2.73. The molecule has 1 aromatic carbocycles. The average Bonchev–Trinajstić information content (AvgIpc) is 2.80. The van der Waals surface area contributed by atoms with E-state index in [1.807, 2.05) is 47.1 Å². The lowest BCUT2D eigenvalue weighted by atomic mass is 10.3. The first kappa shape index (κ1) is 13.6. The van der Waals surface area contributed by atoms with Crippen LogP contribution in [-0.4, -0.2) is 9.38 Å². The average molecular weight is 324 g/mol. The number of hydrogen-bond donors (Lipinski definition) is 1. The number of halogens is 2. The van der Waals surface area contributed by atoms with Crippen molar-refractivity contribution >= 4 is 46.3 Å². The summed E-state index contributed by atoms with van der Waals surface area (Å²) in [5, 5.41) is 1.35. The molecule has 3 aromatic rings. The van der Waals surface area contributed by atoms with Gasteiger partial charge in [-0.15, -0.1) is 11.8 Å². The molecule has 3 nitrogen and oxygen atoms in total. The summed E-state index contributed by atoms with van der Waals surface area (Å²) >= 11 is 13.7. The summed E-state index contributed by atoms with van der Waals surface area (Å²) in [4.78, 5) is 5.42. The van der Waals surface area contributed by atoms with Crippen LogP contribution in [0.1, 0.15) is 5.69 Å². The van der Waals surface area contributed by atoms with E-state index >= 15 is 0 Å². The second-order valence-electron chi connectivity index (χ2n) is 4.29. The highest BCUT2D eigenvalue weighted by atomic mass is 35.5. The van der Waals surface area contributed by atoms with Crippen molar-refractivity contribution in [1.82, 2.24) is 9.38 Å². The van der Waals surface area contributed by atoms with Gasteiger partial charge < -0.3 is 10.1 Å². The number of imidazole rings is 1. The van der Waals surface area contributed by atoms with Gasteiger partial charge in [0.1, 0.15) is 5.65 Å². The van der Waals surface area contributed by atoms with Crippen LogP contribution in [-0.2, 0) is 5.75 Å². The Hall–Kier alpha value is -1.36. The van der Waals surface area contributed by atoms with Crippen LogP contribution < -0.4 is 5.73 Å². The first-order valence-corrected chi connectivity index (χ1v) is 7.67. The molecule has 0 amide bonds. The van der Waals surface area contributed by atoms with Gasteiger partial charge in [-0.3, -0.25) is 0 Å². The Kier molecular flexibility index (Phi) is 3.78. The standard InChI is InChI=1S/C14H11Cl2N3S/c15-9-4-5-13-18-10(7-19(13)6-9)8-20-14-11(16)2-1-3-12(14)17/h1-7H,8,17H2. The van der Waals surface area contributed by atoms with Gasteiger partial charge in [-0.25, -0.2) is 4.98 Å². The van der Waals surface area contributed by atoms with Crippen LogP contribution in [0.2, 0.25) is 10.0 Å². The molecule has 0 spiro atoms. The summed E-state index contributed by atoms with van der Waals surface area (Å²) in [5.74, 6) is 0.702. The summed E-state index contributed by atoms with van der Waals surface area (Å²) in [6.07, 6.45) is 3.79. The van der Waals surface area contributed by atoms with Crippen molar-refractivity contribution in [3.63, 3.8) is 0 Å². The first-order valence-electron chi connectivity index (χ1n) is 5.93. The highest BCUT2D eigenvalue weighted by molar-refractivity contribution is 7.98. The predicted molar refractivity (Wildman–Crippen MR) is 85.6 cm³/mol. The van der Waals surface area contributed by atoms with E-state index in [9.17, 15) is 0 Å². The predicted octanol–water partition coefficient (Wildman–Crippen LogP) is 4.52. The minimum absolute atomic E-state index is 0.668. The van der Waals surface area contributed by atoms with Crippen molar-refractivity contribution in [3.05, 3.63) is 58.5 Å². The fourth-order valence-corrected chi connectivity index (χ4v) is 3.30. The monoisotopic (exact) mass is 323 g/mol. The molecule has 0 aliphatic heterocycles. The Morgan fingerprint density at radius 2 is 2.00 bits per heavy atom. The lowest BCUT2D eigenvalue weighted by Crippen LogP contribution is -1.89. The minimum atomic E-state index is 0.668. The maximum atomic E-state index is 6.15. The van der Waals surface area contributed by atoms with Gasteiger partial charge in [0.15, 0.2) is 0 Å². The molecule has 0 radical (unpaired) electrons. The van der Waals surface area contributed by atoms with Gasteiger partial charge in [0, 0.05) is 28.7 Å². The number of benzene rings is 1. The lowest BCUT2D eigenvalue weighted by Gasteiger charge is -2.05. The van der Waals surface area contributed by atoms with Gasteiger partial charge in [0.05, 0.1) is 15.7 Å². The van der Waals surface area contributed by atoms with Crippen LogP contribution in [0.5, 0.6) is 0 Å². The highest BCUT2D eigenvalue weighted by Crippen LogP contribution is 2.34. The number of aromatic nitrogens is 2. The van der Waals surface area contributed by atoms with E-state index in [0.29, 0.717) is 21.5 Å². The molecule has 102 valence electrons. The molecule has 0 fully saturated rings. The van der Waals surface area contributed by atoms with E-state index in [0.717, 1.165) is 16.2 Å². The smallest absolute Gasteiger partial charge is 0.137 e. The van der Waals surface area contributed by atoms with Crippen molar-refractivity contribution in [1.29, 1.82) is 0 Å². The Bertz CT molecular complexity index is 750. The number of thioether (sulfide) groups is 1. The zero-order valence-electron chi connectivity index (χ0n) is 10.4. The van der Waals surface area contributed by atoms with Crippen molar-refractivity contribution in [2.45, 2.75) is 10.6 Å². The van der Waals surface area contributed by atoms with E-state index in [-0.39, 0.29) is 0 Å². The Morgan fingerprint density at radius 3 is 2.80 bits per heavy atom. The van der Waals surface area contributed by atoms with Crippen molar-refractivity contribution in [2.24, 2.45) is 0 Å². The molecule has 0 atom stereocenters. The molecule has 0 aliphatic rings. The molecule has 0 saturated carbocycles. The Balaban J connectivity index is 1.83. The molecular weight excluding hydrogens is 313 g/mol. The number of pyridine rings is 1. The van der Waals surface area contributed by atoms with Crippen LogP contribution >= 0.6 is 35.0 Å². The Labute approximate surface area is 130 Å². The molecule has 2 heterocycles. The molecule has 0 aliphatic carbocycles. The molecule has 0 saturated heterocycles. The van der Waals surface area contributed by atoms with E-state index in [4.69, 9.17) is 28.9 Å². The normalized spacial score (nSPS) is 11.1. The molecule has 0 bridgehead atoms. The highest BCUT2D eigenvalue weighted by Gasteiger charge is 2.08. The van der Waals surface area contributed by atoms with Crippen molar-refractivity contribution in [2.75, 3.05) is 5.73 Å². The van der Waals surface area contributed by atoms with E-state index < -0.39 is 0 Å². The molecule has 6 heteroatoms. The fraction of sp³-hybridized carbons (Fsp3) is 0.0714. The Morgan fingerprint density at radius 1 is 1.15 bits per heavy atom. The number of nitrogens with two attached hydrogens (primary N) is 1. The number of nitrogen functional groups attached to an aromatic ring is 1. The molecule has 2 aromatic heterocycles. The molecule has 20 heavy (non-hydrogen) atoms. The summed E-state index contributed by atoms with van der Waals surface area (Å²) in [7, 11) is 0. The maximum Gasteiger partial charge on any atom is 0.137 e. The summed E-state index contributed by atoms with van der Waals surface area (Å²) < 4.78 is 1.91. The summed E-state index contributed by atoms with van der Waals surface area (Å²) in [6.45, 7) is 0. The lowest BCUT2D eigenvalue weighted by molar-refractivity contribution is 1.18. The number of nitrogens with zero attached hydrogens (tertiary/aromatic N) is 2. The first-order chi connectivity index (χ1) is 9.63. The van der Waals surface area contributed by atoms with Crippen LogP contribution in [0.4, 0.5) is 5.69 Å². The van der Waals surface area contributed by atoms with Crippen molar-refractivity contribution in [3.8, 4) is 0 Å². The number of hydrogen-bond acceptors (Lipinski definition) is 3. The van der Waals surface area contributed by atoms with Crippen molar-refractivity contribution < 1.29 is 0 Å². The fourth-order valence-electron chi connectivity index (χ4n) is 1.91. The summed E-state index contributed by atoms with van der Waals surface area (Å²) in [5.41, 5.74) is 8.45. The van der Waals surface area contributed by atoms with Crippen LogP contribution in [0.3, 0.4) is 0 Å². The maximum absolute atomic E-state index is 6.15. The topological polar surface area (TPSA) is 43.3 Å². The third-order valence-corrected chi connectivity index (χ3v) is 4.66. The second kappa shape index (κ2) is 5.56. The van der Waals surface area contributed by atoms with Gasteiger partial charge in [0.2, 0.25) is 0 Å². The molecular formula is C14H11Cl2N3S. The SMILES string of the molecule is Nc1cccc(Cl)c1SCc1cn2cc(Cl)ccc2n1. The quantitative estimate of drug-likeness (QED) is 0.569. The number of rotatable bonds is 3. The van der Waals surface area contributed by atoms with E-state index in [1.165, 1.54) is 0 Å². The third-order valence-electron chi connectivity index (χ3n) is 2.83. The van der Waals surface area contributed by atoms with Gasteiger partial charge in [-0.1, -0.05) is 29.3 Å². The van der Waals surface area contributed by atoms with Gasteiger partial charge in [0.25, 0.3) is 0 Å². The van der Waals surface area contributed by atoms with E-state index in [2.05, 4.69) is 4.98 Å². The minimum Gasteiger partial charge on any atom is -0.398 e. The van der Waals surface area contributed by atoms with Gasteiger partial charge in [-0.2, -0.15) is 0 Å². The molecule has 3 rings (SSSR count). The van der Waals surface area contributed by atoms with Crippen LogP contribution in [0, 0.1) is 0 Å². The van der Waals surface area contributed by atoms with Crippen LogP contribution in [0.25, 0.3) is 5.65 Å². The largest absolute Gasteiger partial charge is 0.398 e. The van der Waals surface area contributed by atoms with E-state index in [1.54, 1.807) is 11.8 Å². The van der Waals surface area contributed by atoms with Gasteiger partial charge >= 0.3 is 0 Å². The van der Waals surface area contributed by atoms with Gasteiger partial charge in [-0.05, 0) is 24.3 Å². The molecule has 2 N–H and O–H groups in total. The summed E-state index contributed by atoms with van der Waals surface area (Å²) in [6, 6.07) is 9.24. The number of anilines is 1. The zero-order chi connectivity index (χ0) is 14.1. The zero-order valence-corrected chi connectivity index (χ0v) is 12.7. The molecule has 0 unspecified atom stereocenters. The number of fused-ring (bicyclic) bond motifs is 1. The van der Waals surface area contributed by atoms with Crippen LogP contribution in [0.15, 0.2) is 47.6 Å². The second-order valence-corrected chi connectivity index (χ2v) is 6.12.